The normalized spacial score (nSPS) is 16.2. The molecule has 0 unspecified atom stereocenters. The van der Waals surface area contributed by atoms with E-state index in [9.17, 15) is 4.79 Å². The highest BCUT2D eigenvalue weighted by Gasteiger charge is 2.40. The van der Waals surface area contributed by atoms with E-state index in [2.05, 4.69) is 22.8 Å². The van der Waals surface area contributed by atoms with Gasteiger partial charge in [-0.25, -0.2) is 0 Å². The lowest BCUT2D eigenvalue weighted by Gasteiger charge is -2.36. The first-order chi connectivity index (χ1) is 12.2. The Hall–Kier alpha value is -2.33. The summed E-state index contributed by atoms with van der Waals surface area (Å²) >= 11 is 0. The molecular weight excluding hydrogens is 312 g/mol. The molecule has 1 aliphatic rings. The summed E-state index contributed by atoms with van der Waals surface area (Å²) in [7, 11) is 0. The van der Waals surface area contributed by atoms with Crippen molar-refractivity contribution in [2.45, 2.75) is 25.2 Å². The molecule has 2 aromatic carbocycles. The molecule has 3 rings (SSSR count). The Morgan fingerprint density at radius 2 is 1.88 bits per heavy atom. The number of carbonyl (C=O) groups is 1. The van der Waals surface area contributed by atoms with Crippen molar-refractivity contribution in [1.82, 2.24) is 10.6 Å². The molecule has 1 heterocycles. The Bertz CT molecular complexity index is 694. The lowest BCUT2D eigenvalue weighted by Crippen LogP contribution is -2.51. The zero-order chi connectivity index (χ0) is 17.5. The molecule has 0 bridgehead atoms. The van der Waals surface area contributed by atoms with Crippen molar-refractivity contribution in [2.75, 3.05) is 26.2 Å². The van der Waals surface area contributed by atoms with Crippen LogP contribution < -0.4 is 15.4 Å². The number of ether oxygens (including phenoxy) is 1. The van der Waals surface area contributed by atoms with Gasteiger partial charge in [0.05, 0.1) is 12.0 Å². The second kappa shape index (κ2) is 8.17. The van der Waals surface area contributed by atoms with Crippen LogP contribution in [0.5, 0.6) is 5.75 Å². The van der Waals surface area contributed by atoms with Gasteiger partial charge in [0.1, 0.15) is 12.4 Å². The SMILES string of the molecule is Cc1cccc(OCCNC(=O)C2(c3ccccc3)CCNCC2)c1. The number of nitrogens with one attached hydrogen (secondary N) is 2. The highest BCUT2D eigenvalue weighted by Crippen LogP contribution is 2.33. The first-order valence-electron chi connectivity index (χ1n) is 8.95. The van der Waals surface area contributed by atoms with Crippen molar-refractivity contribution in [3.05, 3.63) is 65.7 Å². The number of amides is 1. The van der Waals surface area contributed by atoms with E-state index < -0.39 is 5.41 Å². The average Bonchev–Trinajstić information content (AvgIpc) is 2.66. The van der Waals surface area contributed by atoms with Gasteiger partial charge < -0.3 is 15.4 Å². The van der Waals surface area contributed by atoms with Crippen LogP contribution in [0.3, 0.4) is 0 Å². The number of aryl methyl sites for hydroxylation is 1. The van der Waals surface area contributed by atoms with Gasteiger partial charge in [-0.3, -0.25) is 4.79 Å². The molecule has 1 amide bonds. The third-order valence-electron chi connectivity index (χ3n) is 4.86. The van der Waals surface area contributed by atoms with Crippen LogP contribution >= 0.6 is 0 Å². The minimum Gasteiger partial charge on any atom is -0.492 e. The van der Waals surface area contributed by atoms with Gasteiger partial charge in [-0.05, 0) is 56.1 Å². The summed E-state index contributed by atoms with van der Waals surface area (Å²) in [6, 6.07) is 18.1. The molecule has 4 nitrogen and oxygen atoms in total. The summed E-state index contributed by atoms with van der Waals surface area (Å²) in [6.07, 6.45) is 1.64. The molecule has 132 valence electrons. The number of carbonyl (C=O) groups excluding carboxylic acids is 1. The van der Waals surface area contributed by atoms with E-state index in [1.165, 1.54) is 5.56 Å². The molecule has 0 aliphatic carbocycles. The van der Waals surface area contributed by atoms with E-state index in [1.54, 1.807) is 0 Å². The summed E-state index contributed by atoms with van der Waals surface area (Å²) in [5.74, 6) is 0.946. The van der Waals surface area contributed by atoms with E-state index >= 15 is 0 Å². The third-order valence-corrected chi connectivity index (χ3v) is 4.86. The van der Waals surface area contributed by atoms with Gasteiger partial charge in [0, 0.05) is 0 Å². The van der Waals surface area contributed by atoms with Crippen molar-refractivity contribution < 1.29 is 9.53 Å². The summed E-state index contributed by atoms with van der Waals surface area (Å²) < 4.78 is 5.74. The Balaban J connectivity index is 1.59. The van der Waals surface area contributed by atoms with Crippen molar-refractivity contribution in [3.8, 4) is 5.75 Å². The predicted molar refractivity (Wildman–Crippen MR) is 99.9 cm³/mol. The molecule has 2 aromatic rings. The highest BCUT2D eigenvalue weighted by molar-refractivity contribution is 5.88. The lowest BCUT2D eigenvalue weighted by atomic mass is 9.72. The van der Waals surface area contributed by atoms with Crippen LogP contribution in [0, 0.1) is 6.92 Å². The second-order valence-corrected chi connectivity index (χ2v) is 6.62. The Kier molecular flexibility index (Phi) is 5.71. The minimum absolute atomic E-state index is 0.105. The van der Waals surface area contributed by atoms with Crippen LogP contribution in [0.25, 0.3) is 0 Å². The molecule has 25 heavy (non-hydrogen) atoms. The molecule has 2 N–H and O–H groups in total. The third kappa shape index (κ3) is 4.20. The second-order valence-electron chi connectivity index (χ2n) is 6.62. The van der Waals surface area contributed by atoms with Gasteiger partial charge in [-0.15, -0.1) is 0 Å². The summed E-state index contributed by atoms with van der Waals surface area (Å²) in [4.78, 5) is 13.0. The van der Waals surface area contributed by atoms with Crippen LogP contribution in [0.4, 0.5) is 0 Å². The van der Waals surface area contributed by atoms with Gasteiger partial charge in [0.25, 0.3) is 0 Å². The van der Waals surface area contributed by atoms with Gasteiger partial charge >= 0.3 is 0 Å². The van der Waals surface area contributed by atoms with E-state index in [4.69, 9.17) is 4.74 Å². The standard InChI is InChI=1S/C21H26N2O2/c1-17-6-5-9-19(16-17)25-15-14-23-20(24)21(10-12-22-13-11-21)18-7-3-2-4-8-18/h2-9,16,22H,10-15H2,1H3,(H,23,24). The first-order valence-corrected chi connectivity index (χ1v) is 8.95. The molecule has 0 saturated carbocycles. The zero-order valence-electron chi connectivity index (χ0n) is 14.8. The largest absolute Gasteiger partial charge is 0.492 e. The van der Waals surface area contributed by atoms with Crippen LogP contribution in [-0.4, -0.2) is 32.1 Å². The molecule has 1 saturated heterocycles. The van der Waals surface area contributed by atoms with Crippen LogP contribution in [-0.2, 0) is 10.2 Å². The maximum Gasteiger partial charge on any atom is 0.230 e. The quantitative estimate of drug-likeness (QED) is 0.797. The van der Waals surface area contributed by atoms with Gasteiger partial charge in [0.2, 0.25) is 5.91 Å². The van der Waals surface area contributed by atoms with Crippen molar-refractivity contribution in [2.24, 2.45) is 0 Å². The molecule has 4 heteroatoms. The number of benzene rings is 2. The van der Waals surface area contributed by atoms with E-state index in [0.29, 0.717) is 13.2 Å². The lowest BCUT2D eigenvalue weighted by molar-refractivity contribution is -0.127. The maximum absolute atomic E-state index is 13.0. The van der Waals surface area contributed by atoms with E-state index in [0.717, 1.165) is 37.2 Å². The summed E-state index contributed by atoms with van der Waals surface area (Å²) in [6.45, 7) is 4.74. The summed E-state index contributed by atoms with van der Waals surface area (Å²) in [5, 5.41) is 6.44. The topological polar surface area (TPSA) is 50.4 Å². The van der Waals surface area contributed by atoms with Crippen LogP contribution in [0.1, 0.15) is 24.0 Å². The fourth-order valence-electron chi connectivity index (χ4n) is 3.47. The first kappa shape index (κ1) is 17.5. The Morgan fingerprint density at radius 3 is 2.60 bits per heavy atom. The summed E-state index contributed by atoms with van der Waals surface area (Å²) in [5.41, 5.74) is 1.84. The molecular formula is C21H26N2O2. The fourth-order valence-corrected chi connectivity index (χ4v) is 3.47. The molecule has 0 spiro atoms. The average molecular weight is 338 g/mol. The van der Waals surface area contributed by atoms with Crippen molar-refractivity contribution >= 4 is 5.91 Å². The van der Waals surface area contributed by atoms with Gasteiger partial charge in [-0.2, -0.15) is 0 Å². The smallest absolute Gasteiger partial charge is 0.230 e. The van der Waals surface area contributed by atoms with Crippen molar-refractivity contribution in [3.63, 3.8) is 0 Å². The number of rotatable bonds is 6. The monoisotopic (exact) mass is 338 g/mol. The van der Waals surface area contributed by atoms with Crippen LogP contribution in [0.2, 0.25) is 0 Å². The molecule has 1 aliphatic heterocycles. The fraction of sp³-hybridized carbons (Fsp3) is 0.381. The van der Waals surface area contributed by atoms with Crippen LogP contribution in [0.15, 0.2) is 54.6 Å². The number of hydrogen-bond acceptors (Lipinski definition) is 3. The molecule has 1 fully saturated rings. The Morgan fingerprint density at radius 1 is 1.12 bits per heavy atom. The molecule has 0 aromatic heterocycles. The highest BCUT2D eigenvalue weighted by atomic mass is 16.5. The van der Waals surface area contributed by atoms with Crippen molar-refractivity contribution in [1.29, 1.82) is 0 Å². The number of hydrogen-bond donors (Lipinski definition) is 2. The predicted octanol–water partition coefficient (Wildman–Crippen LogP) is 2.81. The number of piperidine rings is 1. The molecule has 0 atom stereocenters. The minimum atomic E-state index is -0.435. The van der Waals surface area contributed by atoms with Gasteiger partial charge in [0.15, 0.2) is 0 Å². The van der Waals surface area contributed by atoms with Gasteiger partial charge in [-0.1, -0.05) is 42.5 Å². The maximum atomic E-state index is 13.0. The zero-order valence-corrected chi connectivity index (χ0v) is 14.8. The van der Waals surface area contributed by atoms with E-state index in [1.807, 2.05) is 49.4 Å². The Labute approximate surface area is 149 Å². The van der Waals surface area contributed by atoms with E-state index in [-0.39, 0.29) is 5.91 Å². The molecule has 0 radical (unpaired) electrons.